The Morgan fingerprint density at radius 3 is 2.28 bits per heavy atom. The lowest BCUT2D eigenvalue weighted by molar-refractivity contribution is 0.0602. The van der Waals surface area contributed by atoms with Gasteiger partial charge < -0.3 is 15.4 Å². The first-order valence-electron chi connectivity index (χ1n) is 9.04. The third-order valence-electron chi connectivity index (χ3n) is 4.40. The number of benzene rings is 2. The molecule has 0 spiro atoms. The van der Waals surface area contributed by atoms with Crippen molar-refractivity contribution < 1.29 is 14.3 Å². The van der Waals surface area contributed by atoms with Gasteiger partial charge in [0.15, 0.2) is 0 Å². The zero-order valence-electron chi connectivity index (χ0n) is 16.7. The quantitative estimate of drug-likeness (QED) is 0.635. The van der Waals surface area contributed by atoms with Crippen LogP contribution in [0.15, 0.2) is 48.8 Å². The molecule has 0 atom stereocenters. The molecule has 1 aromatic heterocycles. The van der Waals surface area contributed by atoms with Gasteiger partial charge in [0, 0.05) is 5.69 Å². The normalized spacial score (nSPS) is 10.3. The summed E-state index contributed by atoms with van der Waals surface area (Å²) in [4.78, 5) is 32.8. The topological polar surface area (TPSA) is 93.2 Å². The molecule has 3 rings (SSSR count). The maximum atomic E-state index is 12.5. The molecular formula is C22H22N4O3. The molecule has 0 bridgehead atoms. The summed E-state index contributed by atoms with van der Waals surface area (Å²) >= 11 is 0. The summed E-state index contributed by atoms with van der Waals surface area (Å²) in [5, 5.41) is 5.92. The van der Waals surface area contributed by atoms with Crippen LogP contribution < -0.4 is 10.6 Å². The number of aryl methyl sites for hydroxylation is 3. The minimum atomic E-state index is -0.532. The number of methoxy groups -OCH3 is 1. The van der Waals surface area contributed by atoms with Crippen LogP contribution in [0.4, 0.5) is 17.2 Å². The van der Waals surface area contributed by atoms with Crippen molar-refractivity contribution >= 4 is 29.1 Å². The largest absolute Gasteiger partial charge is 0.465 e. The second-order valence-corrected chi connectivity index (χ2v) is 6.68. The Morgan fingerprint density at radius 2 is 1.66 bits per heavy atom. The smallest absolute Gasteiger partial charge is 0.339 e. The third kappa shape index (κ3) is 4.57. The van der Waals surface area contributed by atoms with Gasteiger partial charge in [0.1, 0.15) is 11.5 Å². The molecule has 0 aliphatic carbocycles. The first kappa shape index (κ1) is 20.0. The lowest BCUT2D eigenvalue weighted by atomic mass is 10.1. The number of hydrogen-bond acceptors (Lipinski definition) is 6. The van der Waals surface area contributed by atoms with Gasteiger partial charge in [0.2, 0.25) is 0 Å². The number of amides is 1. The molecule has 2 aromatic carbocycles. The van der Waals surface area contributed by atoms with E-state index in [1.807, 2.05) is 13.8 Å². The molecule has 3 aromatic rings. The molecular weight excluding hydrogens is 368 g/mol. The van der Waals surface area contributed by atoms with Crippen LogP contribution in [-0.4, -0.2) is 29.0 Å². The molecule has 0 saturated carbocycles. The highest BCUT2D eigenvalue weighted by molar-refractivity contribution is 6.06. The molecule has 0 fully saturated rings. The number of nitrogens with one attached hydrogen (secondary N) is 2. The van der Waals surface area contributed by atoms with Gasteiger partial charge in [-0.05, 0) is 44.0 Å². The Labute approximate surface area is 169 Å². The average Bonchev–Trinajstić information content (AvgIpc) is 2.71. The Morgan fingerprint density at radius 1 is 0.966 bits per heavy atom. The summed E-state index contributed by atoms with van der Waals surface area (Å²) < 4.78 is 4.74. The molecule has 7 nitrogen and oxygen atoms in total. The summed E-state index contributed by atoms with van der Waals surface area (Å²) in [5.41, 5.74) is 5.10. The van der Waals surface area contributed by atoms with Crippen molar-refractivity contribution in [1.82, 2.24) is 9.97 Å². The molecule has 1 heterocycles. The number of carbonyl (C=O) groups is 2. The summed E-state index contributed by atoms with van der Waals surface area (Å²) in [5.74, 6) is -0.468. The molecule has 0 radical (unpaired) electrons. The van der Waals surface area contributed by atoms with Gasteiger partial charge in [-0.2, -0.15) is 0 Å². The number of hydrogen-bond donors (Lipinski definition) is 2. The minimum absolute atomic E-state index is 0.132. The minimum Gasteiger partial charge on any atom is -0.465 e. The molecule has 0 saturated heterocycles. The van der Waals surface area contributed by atoms with Crippen molar-refractivity contribution in [2.45, 2.75) is 20.8 Å². The standard InChI is InChI=1S/C22H22N4O3/c1-13-9-14(2)20(15(3)10-13)26-19-12-23-18(11-24-19)21(27)25-17-8-6-5-7-16(17)22(28)29-4/h5-12H,1-4H3,(H,24,26)(H,25,27). The van der Waals surface area contributed by atoms with Crippen LogP contribution in [0.1, 0.15) is 37.5 Å². The van der Waals surface area contributed by atoms with Crippen molar-refractivity contribution in [2.75, 3.05) is 17.7 Å². The van der Waals surface area contributed by atoms with E-state index in [1.165, 1.54) is 25.1 Å². The van der Waals surface area contributed by atoms with E-state index in [-0.39, 0.29) is 11.3 Å². The van der Waals surface area contributed by atoms with Gasteiger partial charge in [0.05, 0.1) is 30.8 Å². The summed E-state index contributed by atoms with van der Waals surface area (Å²) in [6, 6.07) is 10.8. The summed E-state index contributed by atoms with van der Waals surface area (Å²) in [6.45, 7) is 6.10. The second kappa shape index (κ2) is 8.52. The van der Waals surface area contributed by atoms with Crippen LogP contribution >= 0.6 is 0 Å². The van der Waals surface area contributed by atoms with Crippen molar-refractivity contribution in [3.8, 4) is 0 Å². The fourth-order valence-corrected chi connectivity index (χ4v) is 3.08. The lowest BCUT2D eigenvalue weighted by Gasteiger charge is -2.13. The van der Waals surface area contributed by atoms with E-state index in [4.69, 9.17) is 4.74 Å². The van der Waals surface area contributed by atoms with Gasteiger partial charge in [-0.25, -0.2) is 14.8 Å². The monoisotopic (exact) mass is 390 g/mol. The third-order valence-corrected chi connectivity index (χ3v) is 4.40. The number of carbonyl (C=O) groups excluding carboxylic acids is 2. The highest BCUT2D eigenvalue weighted by Gasteiger charge is 2.15. The van der Waals surface area contributed by atoms with Gasteiger partial charge in [0.25, 0.3) is 5.91 Å². The SMILES string of the molecule is COC(=O)c1ccccc1NC(=O)c1cnc(Nc2c(C)cc(C)cc2C)cn1. The number of rotatable bonds is 5. The van der Waals surface area contributed by atoms with E-state index in [0.29, 0.717) is 11.5 Å². The molecule has 148 valence electrons. The molecule has 2 N–H and O–H groups in total. The van der Waals surface area contributed by atoms with Crippen LogP contribution in [0.2, 0.25) is 0 Å². The second-order valence-electron chi connectivity index (χ2n) is 6.68. The average molecular weight is 390 g/mol. The van der Waals surface area contributed by atoms with Crippen molar-refractivity contribution in [1.29, 1.82) is 0 Å². The molecule has 29 heavy (non-hydrogen) atoms. The molecule has 7 heteroatoms. The van der Waals surface area contributed by atoms with E-state index < -0.39 is 11.9 Å². The zero-order valence-corrected chi connectivity index (χ0v) is 16.7. The van der Waals surface area contributed by atoms with E-state index in [0.717, 1.165) is 16.8 Å². The Hall–Kier alpha value is -3.74. The fraction of sp³-hybridized carbons (Fsp3) is 0.182. The highest BCUT2D eigenvalue weighted by atomic mass is 16.5. The molecule has 1 amide bonds. The van der Waals surface area contributed by atoms with Crippen molar-refractivity contribution in [3.63, 3.8) is 0 Å². The van der Waals surface area contributed by atoms with Crippen molar-refractivity contribution in [2.24, 2.45) is 0 Å². The number of esters is 1. The van der Waals surface area contributed by atoms with Gasteiger partial charge in [-0.15, -0.1) is 0 Å². The predicted molar refractivity (Wildman–Crippen MR) is 112 cm³/mol. The van der Waals surface area contributed by atoms with Crippen molar-refractivity contribution in [3.05, 3.63) is 76.7 Å². The van der Waals surface area contributed by atoms with E-state index >= 15 is 0 Å². The first-order valence-corrected chi connectivity index (χ1v) is 9.04. The number of ether oxygens (including phenoxy) is 1. The Kier molecular flexibility index (Phi) is 5.87. The molecule has 0 unspecified atom stereocenters. The van der Waals surface area contributed by atoms with Crippen LogP contribution in [0, 0.1) is 20.8 Å². The predicted octanol–water partition coefficient (Wildman–Crippen LogP) is 4.18. The summed E-state index contributed by atoms with van der Waals surface area (Å²) in [6.07, 6.45) is 2.89. The van der Waals surface area contributed by atoms with Crippen LogP contribution in [0.25, 0.3) is 0 Å². The number of anilines is 3. The first-order chi connectivity index (χ1) is 13.9. The number of aromatic nitrogens is 2. The van der Waals surface area contributed by atoms with E-state index in [9.17, 15) is 9.59 Å². The number of para-hydroxylation sites is 1. The summed E-state index contributed by atoms with van der Waals surface area (Å²) in [7, 11) is 1.29. The molecule has 0 aliphatic heterocycles. The maximum absolute atomic E-state index is 12.5. The van der Waals surface area contributed by atoms with Gasteiger partial charge in [-0.1, -0.05) is 29.8 Å². The van der Waals surface area contributed by atoms with Crippen LogP contribution in [0.5, 0.6) is 0 Å². The van der Waals surface area contributed by atoms with Crippen LogP contribution in [-0.2, 0) is 4.74 Å². The fourth-order valence-electron chi connectivity index (χ4n) is 3.08. The zero-order chi connectivity index (χ0) is 21.0. The van der Waals surface area contributed by atoms with Crippen LogP contribution in [0.3, 0.4) is 0 Å². The molecule has 0 aliphatic rings. The number of nitrogens with zero attached hydrogens (tertiary/aromatic N) is 2. The Bertz CT molecular complexity index is 1040. The van der Waals surface area contributed by atoms with E-state index in [2.05, 4.69) is 39.7 Å². The van der Waals surface area contributed by atoms with E-state index in [1.54, 1.807) is 24.3 Å². The lowest BCUT2D eigenvalue weighted by Crippen LogP contribution is -2.17. The maximum Gasteiger partial charge on any atom is 0.339 e. The van der Waals surface area contributed by atoms with Gasteiger partial charge >= 0.3 is 5.97 Å². The van der Waals surface area contributed by atoms with Gasteiger partial charge in [-0.3, -0.25) is 4.79 Å². The Balaban J connectivity index is 1.76. The highest BCUT2D eigenvalue weighted by Crippen LogP contribution is 2.25.